The predicted molar refractivity (Wildman–Crippen MR) is 99.7 cm³/mol. The van der Waals surface area contributed by atoms with Crippen LogP contribution in [-0.4, -0.2) is 13.7 Å². The van der Waals surface area contributed by atoms with E-state index < -0.39 is 0 Å². The molecule has 0 unspecified atom stereocenters. The van der Waals surface area contributed by atoms with Gasteiger partial charge in [-0.05, 0) is 55.7 Å². The third kappa shape index (κ3) is 4.41. The third-order valence-electron chi connectivity index (χ3n) is 3.81. The summed E-state index contributed by atoms with van der Waals surface area (Å²) in [7, 11) is 1.67. The van der Waals surface area contributed by atoms with Crippen molar-refractivity contribution < 1.29 is 9.47 Å². The van der Waals surface area contributed by atoms with E-state index in [-0.39, 0.29) is 0 Å². The van der Waals surface area contributed by atoms with Gasteiger partial charge in [0.15, 0.2) is 11.5 Å². The lowest BCUT2D eigenvalue weighted by atomic mass is 10.1. The van der Waals surface area contributed by atoms with Crippen LogP contribution >= 0.6 is 15.9 Å². The number of rotatable bonds is 7. The number of anilines is 1. The smallest absolute Gasteiger partial charge is 0.167 e. The number of aryl methyl sites for hydroxylation is 2. The molecule has 0 heterocycles. The SMILES string of the molecule is CCCOc1c(OC)ccc(Br)c1CNc1ccc(C)c(C)c1. The second-order valence-electron chi connectivity index (χ2n) is 5.56. The molecular weight excluding hydrogens is 354 g/mol. The summed E-state index contributed by atoms with van der Waals surface area (Å²) in [4.78, 5) is 0. The lowest BCUT2D eigenvalue weighted by Gasteiger charge is -2.17. The highest BCUT2D eigenvalue weighted by atomic mass is 79.9. The largest absolute Gasteiger partial charge is 0.493 e. The number of halogens is 1. The molecule has 2 rings (SSSR count). The maximum Gasteiger partial charge on any atom is 0.167 e. The lowest BCUT2D eigenvalue weighted by molar-refractivity contribution is 0.291. The number of benzene rings is 2. The van der Waals surface area contributed by atoms with Crippen LogP contribution in [0.25, 0.3) is 0 Å². The second-order valence-corrected chi connectivity index (χ2v) is 6.41. The van der Waals surface area contributed by atoms with E-state index in [2.05, 4.69) is 60.2 Å². The Kier molecular flexibility index (Phi) is 6.34. The summed E-state index contributed by atoms with van der Waals surface area (Å²) < 4.78 is 12.4. The topological polar surface area (TPSA) is 30.5 Å². The zero-order valence-corrected chi connectivity index (χ0v) is 15.8. The first kappa shape index (κ1) is 17.7. The van der Waals surface area contributed by atoms with E-state index in [9.17, 15) is 0 Å². The first-order chi connectivity index (χ1) is 11.1. The van der Waals surface area contributed by atoms with Gasteiger partial charge in [-0.3, -0.25) is 0 Å². The van der Waals surface area contributed by atoms with Crippen LogP contribution in [0.2, 0.25) is 0 Å². The van der Waals surface area contributed by atoms with Gasteiger partial charge in [0.25, 0.3) is 0 Å². The molecule has 0 amide bonds. The second kappa shape index (κ2) is 8.25. The Morgan fingerprint density at radius 1 is 1.09 bits per heavy atom. The van der Waals surface area contributed by atoms with E-state index in [4.69, 9.17) is 9.47 Å². The average Bonchev–Trinajstić information content (AvgIpc) is 2.55. The molecule has 124 valence electrons. The van der Waals surface area contributed by atoms with Crippen LogP contribution < -0.4 is 14.8 Å². The van der Waals surface area contributed by atoms with Gasteiger partial charge in [0.2, 0.25) is 0 Å². The van der Waals surface area contributed by atoms with E-state index in [1.54, 1.807) is 7.11 Å². The normalized spacial score (nSPS) is 10.5. The van der Waals surface area contributed by atoms with Gasteiger partial charge in [0.05, 0.1) is 13.7 Å². The van der Waals surface area contributed by atoms with Crippen molar-refractivity contribution in [2.45, 2.75) is 33.7 Å². The minimum Gasteiger partial charge on any atom is -0.493 e. The Hall–Kier alpha value is -1.68. The van der Waals surface area contributed by atoms with Crippen LogP contribution in [0.15, 0.2) is 34.8 Å². The Morgan fingerprint density at radius 2 is 1.87 bits per heavy atom. The van der Waals surface area contributed by atoms with E-state index in [0.29, 0.717) is 13.2 Å². The first-order valence-electron chi connectivity index (χ1n) is 7.86. The Labute approximate surface area is 147 Å². The fourth-order valence-electron chi connectivity index (χ4n) is 2.31. The van der Waals surface area contributed by atoms with E-state index in [0.717, 1.165) is 33.6 Å². The van der Waals surface area contributed by atoms with Crippen LogP contribution in [0.5, 0.6) is 11.5 Å². The summed E-state index contributed by atoms with van der Waals surface area (Å²) in [5.41, 5.74) is 4.74. The molecule has 0 spiro atoms. The van der Waals surface area contributed by atoms with Gasteiger partial charge < -0.3 is 14.8 Å². The molecule has 2 aromatic rings. The molecule has 0 radical (unpaired) electrons. The molecule has 2 aromatic carbocycles. The van der Waals surface area contributed by atoms with Gasteiger partial charge in [-0.1, -0.05) is 28.9 Å². The predicted octanol–water partition coefficient (Wildman–Crippen LogP) is 5.48. The third-order valence-corrected chi connectivity index (χ3v) is 4.56. The Bertz CT molecular complexity index is 671. The lowest BCUT2D eigenvalue weighted by Crippen LogP contribution is -2.06. The molecular formula is C19H24BrNO2. The molecule has 0 atom stereocenters. The van der Waals surface area contributed by atoms with E-state index >= 15 is 0 Å². The fourth-order valence-corrected chi connectivity index (χ4v) is 2.76. The summed E-state index contributed by atoms with van der Waals surface area (Å²) in [6, 6.07) is 10.3. The van der Waals surface area contributed by atoms with Crippen LogP contribution in [0.3, 0.4) is 0 Å². The Balaban J connectivity index is 2.24. The van der Waals surface area contributed by atoms with Gasteiger partial charge in [0, 0.05) is 22.3 Å². The van der Waals surface area contributed by atoms with Crippen molar-refractivity contribution in [3.05, 3.63) is 51.5 Å². The van der Waals surface area contributed by atoms with Crippen LogP contribution in [0, 0.1) is 13.8 Å². The number of methoxy groups -OCH3 is 1. The highest BCUT2D eigenvalue weighted by molar-refractivity contribution is 9.10. The quantitative estimate of drug-likeness (QED) is 0.693. The molecule has 1 N–H and O–H groups in total. The number of ether oxygens (including phenoxy) is 2. The summed E-state index contributed by atoms with van der Waals surface area (Å²) in [5.74, 6) is 1.57. The molecule has 0 fully saturated rings. The summed E-state index contributed by atoms with van der Waals surface area (Å²) in [6.07, 6.45) is 0.958. The van der Waals surface area contributed by atoms with Crippen LogP contribution in [0.4, 0.5) is 5.69 Å². The molecule has 4 heteroatoms. The standard InChI is InChI=1S/C19H24BrNO2/c1-5-10-23-19-16(17(20)8-9-18(19)22-4)12-21-15-7-6-13(2)14(3)11-15/h6-9,11,21H,5,10,12H2,1-4H3. The zero-order chi connectivity index (χ0) is 16.8. The maximum absolute atomic E-state index is 5.93. The Morgan fingerprint density at radius 3 is 2.52 bits per heavy atom. The molecule has 0 aromatic heterocycles. The van der Waals surface area contributed by atoms with E-state index in [1.165, 1.54) is 11.1 Å². The molecule has 23 heavy (non-hydrogen) atoms. The van der Waals surface area contributed by atoms with Crippen molar-refractivity contribution in [1.82, 2.24) is 0 Å². The number of hydrogen-bond donors (Lipinski definition) is 1. The van der Waals surface area contributed by atoms with Crippen molar-refractivity contribution in [3.63, 3.8) is 0 Å². The molecule has 0 bridgehead atoms. The average molecular weight is 378 g/mol. The van der Waals surface area contributed by atoms with Gasteiger partial charge in [-0.15, -0.1) is 0 Å². The highest BCUT2D eigenvalue weighted by Gasteiger charge is 2.14. The fraction of sp³-hybridized carbons (Fsp3) is 0.368. The highest BCUT2D eigenvalue weighted by Crippen LogP contribution is 2.37. The van der Waals surface area contributed by atoms with Gasteiger partial charge >= 0.3 is 0 Å². The van der Waals surface area contributed by atoms with Gasteiger partial charge in [-0.2, -0.15) is 0 Å². The number of hydrogen-bond acceptors (Lipinski definition) is 3. The van der Waals surface area contributed by atoms with E-state index in [1.807, 2.05) is 12.1 Å². The number of nitrogens with one attached hydrogen (secondary N) is 1. The minimum atomic E-state index is 0.666. The molecule has 3 nitrogen and oxygen atoms in total. The zero-order valence-electron chi connectivity index (χ0n) is 14.2. The minimum absolute atomic E-state index is 0.666. The van der Waals surface area contributed by atoms with Crippen LogP contribution in [-0.2, 0) is 6.54 Å². The van der Waals surface area contributed by atoms with Crippen molar-refractivity contribution in [1.29, 1.82) is 0 Å². The summed E-state index contributed by atoms with van der Waals surface area (Å²) in [6.45, 7) is 7.67. The monoisotopic (exact) mass is 377 g/mol. The molecule has 0 saturated carbocycles. The molecule has 0 saturated heterocycles. The van der Waals surface area contributed by atoms with Crippen molar-refractivity contribution in [2.75, 3.05) is 19.0 Å². The summed E-state index contributed by atoms with van der Waals surface area (Å²) in [5, 5.41) is 3.47. The molecule has 0 aliphatic heterocycles. The van der Waals surface area contributed by atoms with Crippen LogP contribution in [0.1, 0.15) is 30.0 Å². The molecule has 0 aliphatic rings. The maximum atomic E-state index is 5.93. The van der Waals surface area contributed by atoms with Gasteiger partial charge in [-0.25, -0.2) is 0 Å². The summed E-state index contributed by atoms with van der Waals surface area (Å²) >= 11 is 3.63. The van der Waals surface area contributed by atoms with Crippen molar-refractivity contribution in [2.24, 2.45) is 0 Å². The van der Waals surface area contributed by atoms with Gasteiger partial charge in [0.1, 0.15) is 0 Å². The van der Waals surface area contributed by atoms with Crippen molar-refractivity contribution in [3.8, 4) is 11.5 Å². The molecule has 0 aliphatic carbocycles. The first-order valence-corrected chi connectivity index (χ1v) is 8.65. The van der Waals surface area contributed by atoms with Crippen molar-refractivity contribution >= 4 is 21.6 Å².